The first-order valence-corrected chi connectivity index (χ1v) is 14.0. The maximum absolute atomic E-state index is 13.9. The molecular formula is C28H31N3O6S. The molecule has 0 unspecified atom stereocenters. The number of anilines is 1. The van der Waals surface area contributed by atoms with E-state index in [0.717, 1.165) is 27.3 Å². The summed E-state index contributed by atoms with van der Waals surface area (Å²) in [6.45, 7) is 1.63. The number of hydrogen-bond acceptors (Lipinski definition) is 6. The van der Waals surface area contributed by atoms with Crippen LogP contribution >= 0.6 is 0 Å². The van der Waals surface area contributed by atoms with E-state index in [9.17, 15) is 18.0 Å². The predicted octanol–water partition coefficient (Wildman–Crippen LogP) is 2.88. The number of nitrogens with zero attached hydrogens (tertiary/aromatic N) is 2. The van der Waals surface area contributed by atoms with Crippen LogP contribution in [0.2, 0.25) is 0 Å². The van der Waals surface area contributed by atoms with Crippen molar-refractivity contribution in [3.05, 3.63) is 89.5 Å². The summed E-state index contributed by atoms with van der Waals surface area (Å²) in [5, 5.41) is 2.66. The van der Waals surface area contributed by atoms with Crippen LogP contribution in [0.1, 0.15) is 16.7 Å². The molecule has 0 saturated carbocycles. The average Bonchev–Trinajstić information content (AvgIpc) is 3.37. The van der Waals surface area contributed by atoms with Crippen molar-refractivity contribution < 1.29 is 27.5 Å². The molecular weight excluding hydrogens is 506 g/mol. The van der Waals surface area contributed by atoms with E-state index < -0.39 is 28.5 Å². The zero-order valence-corrected chi connectivity index (χ0v) is 22.4. The maximum Gasteiger partial charge on any atom is 0.244 e. The molecule has 1 heterocycles. The van der Waals surface area contributed by atoms with Gasteiger partial charge in [-0.05, 0) is 30.2 Å². The van der Waals surface area contributed by atoms with Crippen molar-refractivity contribution in [1.29, 1.82) is 0 Å². The Balaban J connectivity index is 1.70. The minimum absolute atomic E-state index is 0.0359. The molecule has 1 aliphatic rings. The summed E-state index contributed by atoms with van der Waals surface area (Å²) < 4.78 is 37.4. The highest BCUT2D eigenvalue weighted by Crippen LogP contribution is 2.36. The second-order valence-electron chi connectivity index (χ2n) is 9.13. The molecule has 200 valence electrons. The molecule has 9 nitrogen and oxygen atoms in total. The van der Waals surface area contributed by atoms with Crippen molar-refractivity contribution in [3.8, 4) is 11.5 Å². The van der Waals surface area contributed by atoms with Crippen molar-refractivity contribution in [2.24, 2.45) is 0 Å². The van der Waals surface area contributed by atoms with Gasteiger partial charge in [-0.2, -0.15) is 0 Å². The van der Waals surface area contributed by atoms with Crippen LogP contribution in [0.3, 0.4) is 0 Å². The predicted molar refractivity (Wildman–Crippen MR) is 144 cm³/mol. The molecule has 1 N–H and O–H groups in total. The van der Waals surface area contributed by atoms with Gasteiger partial charge in [0.1, 0.15) is 12.6 Å². The van der Waals surface area contributed by atoms with Gasteiger partial charge in [0, 0.05) is 26.1 Å². The number of ether oxygens (including phenoxy) is 2. The first-order valence-electron chi connectivity index (χ1n) is 12.1. The summed E-state index contributed by atoms with van der Waals surface area (Å²) in [7, 11) is -2.35. The van der Waals surface area contributed by atoms with Gasteiger partial charge < -0.3 is 19.7 Å². The van der Waals surface area contributed by atoms with Crippen molar-refractivity contribution in [1.82, 2.24) is 10.2 Å². The van der Waals surface area contributed by atoms with Crippen LogP contribution in [0, 0.1) is 6.92 Å². The number of hydrogen-bond donors (Lipinski definition) is 1. The third-order valence-electron chi connectivity index (χ3n) is 6.31. The second kappa shape index (κ2) is 11.6. The Morgan fingerprint density at radius 1 is 0.947 bits per heavy atom. The number of carbonyl (C=O) groups is 2. The fraction of sp³-hybridized carbons (Fsp3) is 0.286. The second-order valence-corrected chi connectivity index (χ2v) is 11.0. The Hall–Kier alpha value is -4.05. The minimum Gasteiger partial charge on any atom is -0.454 e. The number of sulfonamides is 1. The lowest BCUT2D eigenvalue weighted by Crippen LogP contribution is -2.52. The Morgan fingerprint density at radius 3 is 2.29 bits per heavy atom. The van der Waals surface area contributed by atoms with Gasteiger partial charge >= 0.3 is 0 Å². The quantitative estimate of drug-likeness (QED) is 0.427. The smallest absolute Gasteiger partial charge is 0.244 e. The normalized spacial score (nSPS) is 13.0. The molecule has 0 aromatic heterocycles. The number of aryl methyl sites for hydroxylation is 1. The van der Waals surface area contributed by atoms with Gasteiger partial charge in [-0.25, -0.2) is 8.42 Å². The Bertz CT molecular complexity index is 1390. The Morgan fingerprint density at radius 2 is 1.63 bits per heavy atom. The van der Waals surface area contributed by atoms with Gasteiger partial charge in [-0.3, -0.25) is 13.9 Å². The Kier molecular flexibility index (Phi) is 8.21. The van der Waals surface area contributed by atoms with E-state index in [2.05, 4.69) is 5.32 Å². The van der Waals surface area contributed by atoms with Crippen LogP contribution in [0.4, 0.5) is 5.69 Å². The molecule has 0 aliphatic carbocycles. The molecule has 0 bridgehead atoms. The highest BCUT2D eigenvalue weighted by atomic mass is 32.2. The third kappa shape index (κ3) is 6.44. The highest BCUT2D eigenvalue weighted by molar-refractivity contribution is 7.92. The molecule has 38 heavy (non-hydrogen) atoms. The molecule has 3 aromatic carbocycles. The van der Waals surface area contributed by atoms with E-state index in [1.807, 2.05) is 61.5 Å². The van der Waals surface area contributed by atoms with Crippen LogP contribution in [0.25, 0.3) is 0 Å². The number of nitrogens with one attached hydrogen (secondary N) is 1. The summed E-state index contributed by atoms with van der Waals surface area (Å²) >= 11 is 0. The van der Waals surface area contributed by atoms with Crippen LogP contribution < -0.4 is 19.1 Å². The fourth-order valence-corrected chi connectivity index (χ4v) is 5.11. The highest BCUT2D eigenvalue weighted by Gasteiger charge is 2.33. The Labute approximate surface area is 223 Å². The van der Waals surface area contributed by atoms with Crippen molar-refractivity contribution in [2.75, 3.05) is 30.9 Å². The molecule has 0 radical (unpaired) electrons. The lowest BCUT2D eigenvalue weighted by Gasteiger charge is -2.33. The lowest BCUT2D eigenvalue weighted by molar-refractivity contribution is -0.139. The first-order chi connectivity index (χ1) is 18.2. The van der Waals surface area contributed by atoms with Crippen LogP contribution in [-0.4, -0.2) is 57.8 Å². The molecule has 3 aromatic rings. The minimum atomic E-state index is -3.86. The number of benzene rings is 3. The van der Waals surface area contributed by atoms with E-state index in [1.165, 1.54) is 18.0 Å². The van der Waals surface area contributed by atoms with E-state index >= 15 is 0 Å². The molecule has 0 spiro atoms. The molecule has 1 aliphatic heterocycles. The van der Waals surface area contributed by atoms with E-state index in [1.54, 1.807) is 12.1 Å². The molecule has 0 fully saturated rings. The van der Waals surface area contributed by atoms with Gasteiger partial charge in [0.05, 0.1) is 11.9 Å². The summed E-state index contributed by atoms with van der Waals surface area (Å²) in [6, 6.07) is 20.9. The SMILES string of the molecule is CNC(=O)[C@@H](Cc1ccccc1)N(Cc1ccc(C)cc1)C(=O)CN(c1ccc2c(c1)OCO2)S(C)(=O)=O. The fourth-order valence-electron chi connectivity index (χ4n) is 4.26. The van der Waals surface area contributed by atoms with Crippen LogP contribution in [0.15, 0.2) is 72.8 Å². The van der Waals surface area contributed by atoms with E-state index in [0.29, 0.717) is 11.5 Å². The molecule has 10 heteroatoms. The zero-order chi connectivity index (χ0) is 27.3. The summed E-state index contributed by atoms with van der Waals surface area (Å²) in [5.41, 5.74) is 3.02. The summed E-state index contributed by atoms with van der Waals surface area (Å²) in [6.07, 6.45) is 1.30. The zero-order valence-electron chi connectivity index (χ0n) is 21.6. The monoisotopic (exact) mass is 537 g/mol. The number of fused-ring (bicyclic) bond motifs is 1. The number of carbonyl (C=O) groups excluding carboxylic acids is 2. The summed E-state index contributed by atoms with van der Waals surface area (Å²) in [5.74, 6) is 0.0333. The van der Waals surface area contributed by atoms with Crippen molar-refractivity contribution >= 4 is 27.5 Å². The summed E-state index contributed by atoms with van der Waals surface area (Å²) in [4.78, 5) is 28.5. The maximum atomic E-state index is 13.9. The van der Waals surface area contributed by atoms with Gasteiger partial charge in [0.2, 0.25) is 28.6 Å². The van der Waals surface area contributed by atoms with E-state index in [4.69, 9.17) is 9.47 Å². The number of likely N-dealkylation sites (N-methyl/N-ethyl adjacent to an activating group) is 1. The molecule has 2 amide bonds. The van der Waals surface area contributed by atoms with Crippen molar-refractivity contribution in [2.45, 2.75) is 25.9 Å². The van der Waals surface area contributed by atoms with Crippen LogP contribution in [0.5, 0.6) is 11.5 Å². The van der Waals surface area contributed by atoms with E-state index in [-0.39, 0.29) is 31.4 Å². The van der Waals surface area contributed by atoms with Crippen LogP contribution in [-0.2, 0) is 32.6 Å². The third-order valence-corrected chi connectivity index (χ3v) is 7.45. The average molecular weight is 538 g/mol. The standard InChI is InChI=1S/C28H31N3O6S/c1-20-9-11-22(12-10-20)17-30(24(28(33)29-2)15-21-7-5-4-6-8-21)27(32)18-31(38(3,34)35)23-13-14-25-26(16-23)37-19-36-25/h4-14,16,24H,15,17-19H2,1-3H3,(H,29,33)/t24-/m1/s1. The van der Waals surface area contributed by atoms with Crippen molar-refractivity contribution in [3.63, 3.8) is 0 Å². The van der Waals surface area contributed by atoms with Gasteiger partial charge in [0.25, 0.3) is 0 Å². The molecule has 4 rings (SSSR count). The number of amides is 2. The first kappa shape index (κ1) is 27.0. The molecule has 0 saturated heterocycles. The van der Waals surface area contributed by atoms with Gasteiger partial charge in [-0.1, -0.05) is 60.2 Å². The largest absolute Gasteiger partial charge is 0.454 e. The van der Waals surface area contributed by atoms with Gasteiger partial charge in [0.15, 0.2) is 11.5 Å². The number of rotatable bonds is 10. The lowest BCUT2D eigenvalue weighted by atomic mass is 10.0. The topological polar surface area (TPSA) is 105 Å². The molecule has 1 atom stereocenters. The van der Waals surface area contributed by atoms with Gasteiger partial charge in [-0.15, -0.1) is 0 Å².